The highest BCUT2D eigenvalue weighted by atomic mass is 32.1. The van der Waals surface area contributed by atoms with E-state index in [-0.39, 0.29) is 16.5 Å². The van der Waals surface area contributed by atoms with Crippen LogP contribution in [0.5, 0.6) is 0 Å². The second-order valence-electron chi connectivity index (χ2n) is 4.73. The zero-order chi connectivity index (χ0) is 17.5. The smallest absolute Gasteiger partial charge is 0.259 e. The molecule has 0 aliphatic rings. The molecule has 4 N–H and O–H groups in total. The van der Waals surface area contributed by atoms with Crippen molar-refractivity contribution in [2.75, 3.05) is 0 Å². The number of benzene rings is 2. The number of amides is 1. The van der Waals surface area contributed by atoms with Gasteiger partial charge in [-0.1, -0.05) is 36.4 Å². The molecule has 0 aliphatic carbocycles. The maximum absolute atomic E-state index is 13.2. The van der Waals surface area contributed by atoms with Crippen molar-refractivity contribution in [1.82, 2.24) is 5.32 Å². The van der Waals surface area contributed by atoms with Gasteiger partial charge in [-0.15, -0.1) is 0 Å². The van der Waals surface area contributed by atoms with E-state index in [4.69, 9.17) is 11.1 Å². The Kier molecular flexibility index (Phi) is 5.80. The summed E-state index contributed by atoms with van der Waals surface area (Å²) in [6.45, 7) is 0. The molecule has 0 spiro atoms. The van der Waals surface area contributed by atoms with E-state index in [0.29, 0.717) is 5.56 Å². The maximum Gasteiger partial charge on any atom is 0.259 e. The predicted molar refractivity (Wildman–Crippen MR) is 92.9 cm³/mol. The molecule has 1 unspecified atom stereocenters. The van der Waals surface area contributed by atoms with Crippen LogP contribution in [-0.2, 0) is 4.79 Å². The molecule has 0 aromatic heterocycles. The van der Waals surface area contributed by atoms with Crippen molar-refractivity contribution in [3.05, 3.63) is 66.0 Å². The molecule has 0 saturated carbocycles. The molecular weight excluding hydrogens is 329 g/mol. The normalized spacial score (nSPS) is 11.9. The van der Waals surface area contributed by atoms with Gasteiger partial charge in [-0.05, 0) is 29.9 Å². The van der Waals surface area contributed by atoms with Gasteiger partial charge in [0.1, 0.15) is 5.82 Å². The Hall–Kier alpha value is -3.00. The molecule has 8 heteroatoms. The van der Waals surface area contributed by atoms with Gasteiger partial charge >= 0.3 is 0 Å². The number of carbonyl (C=O) groups excluding carboxylic acids is 1. The number of nitrogens with one attached hydrogen (secondary N) is 2. The van der Waals surface area contributed by atoms with Gasteiger partial charge in [0.2, 0.25) is 0 Å². The highest BCUT2D eigenvalue weighted by Gasteiger charge is 2.24. The topological polar surface area (TPSA) is 104 Å². The molecule has 1 atom stereocenters. The Morgan fingerprint density at radius 3 is 2.54 bits per heavy atom. The zero-order valence-corrected chi connectivity index (χ0v) is 13.3. The predicted octanol–water partition coefficient (Wildman–Crippen LogP) is 2.71. The van der Waals surface area contributed by atoms with Gasteiger partial charge in [0.15, 0.2) is 11.2 Å². The first-order chi connectivity index (χ1) is 11.5. The highest BCUT2D eigenvalue weighted by molar-refractivity contribution is 7.80. The first kappa shape index (κ1) is 17.4. The monoisotopic (exact) mass is 343 g/mol. The van der Waals surface area contributed by atoms with E-state index >= 15 is 0 Å². The van der Waals surface area contributed by atoms with Gasteiger partial charge < -0.3 is 16.5 Å². The Balaban J connectivity index is 2.30. The van der Waals surface area contributed by atoms with Crippen LogP contribution < -0.4 is 11.1 Å². The summed E-state index contributed by atoms with van der Waals surface area (Å²) < 4.78 is 13.2. The number of rotatable bonds is 5. The third kappa shape index (κ3) is 4.75. The van der Waals surface area contributed by atoms with Gasteiger partial charge in [0.25, 0.3) is 5.91 Å². The van der Waals surface area contributed by atoms with Crippen molar-refractivity contribution in [3.8, 4) is 0 Å². The molecule has 122 valence electrons. The number of nitrogens with zero attached hydrogens (tertiary/aromatic N) is 2. The molecule has 0 bridgehead atoms. The van der Waals surface area contributed by atoms with Crippen LogP contribution in [0.4, 0.5) is 10.1 Å². The lowest BCUT2D eigenvalue weighted by Gasteiger charge is -2.12. The lowest BCUT2D eigenvalue weighted by atomic mass is 10.0. The SMILES string of the molecule is N=C(c1ccccc1)C(N=Nc1cccc(F)c1)C(=O)NC(N)=S. The van der Waals surface area contributed by atoms with Crippen LogP contribution in [-0.4, -0.2) is 22.8 Å². The fraction of sp³-hybridized carbons (Fsp3) is 0.0625. The van der Waals surface area contributed by atoms with Crippen LogP contribution in [0.15, 0.2) is 64.8 Å². The molecule has 0 aliphatic heterocycles. The number of nitrogens with two attached hydrogens (primary N) is 1. The van der Waals surface area contributed by atoms with Crippen LogP contribution in [0.25, 0.3) is 0 Å². The number of thiocarbonyl (C=S) groups is 1. The molecule has 0 heterocycles. The summed E-state index contributed by atoms with van der Waals surface area (Å²) in [6, 6.07) is 12.7. The van der Waals surface area contributed by atoms with E-state index in [0.717, 1.165) is 6.07 Å². The minimum Gasteiger partial charge on any atom is -0.376 e. The first-order valence-corrected chi connectivity index (χ1v) is 7.29. The second-order valence-corrected chi connectivity index (χ2v) is 5.17. The average Bonchev–Trinajstić information content (AvgIpc) is 2.55. The summed E-state index contributed by atoms with van der Waals surface area (Å²) in [4.78, 5) is 12.2. The third-order valence-electron chi connectivity index (χ3n) is 2.95. The minimum absolute atomic E-state index is 0.0792. The summed E-state index contributed by atoms with van der Waals surface area (Å²) in [5, 5.41) is 17.9. The van der Waals surface area contributed by atoms with E-state index in [1.165, 1.54) is 18.2 Å². The fourth-order valence-electron chi connectivity index (χ4n) is 1.87. The molecule has 0 saturated heterocycles. The Morgan fingerprint density at radius 1 is 1.21 bits per heavy atom. The van der Waals surface area contributed by atoms with E-state index in [9.17, 15) is 9.18 Å². The number of halogens is 1. The molecule has 0 fully saturated rings. The van der Waals surface area contributed by atoms with Crippen LogP contribution in [0.3, 0.4) is 0 Å². The van der Waals surface area contributed by atoms with E-state index < -0.39 is 17.8 Å². The van der Waals surface area contributed by atoms with Gasteiger partial charge in [0, 0.05) is 6.07 Å². The summed E-state index contributed by atoms with van der Waals surface area (Å²) in [6.07, 6.45) is 0. The van der Waals surface area contributed by atoms with Crippen molar-refractivity contribution < 1.29 is 9.18 Å². The van der Waals surface area contributed by atoms with Crippen molar-refractivity contribution in [2.45, 2.75) is 6.04 Å². The number of carbonyl (C=O) groups is 1. The molecule has 0 radical (unpaired) electrons. The number of hydrogen-bond donors (Lipinski definition) is 3. The van der Waals surface area contributed by atoms with Gasteiger partial charge in [-0.2, -0.15) is 10.2 Å². The van der Waals surface area contributed by atoms with E-state index in [1.807, 2.05) is 0 Å². The Morgan fingerprint density at radius 2 is 1.92 bits per heavy atom. The van der Waals surface area contributed by atoms with Gasteiger partial charge in [-0.25, -0.2) is 4.39 Å². The van der Waals surface area contributed by atoms with E-state index in [2.05, 4.69) is 27.8 Å². The third-order valence-corrected chi connectivity index (χ3v) is 3.05. The summed E-state index contributed by atoms with van der Waals surface area (Å²) in [5.41, 5.74) is 5.95. The number of hydrogen-bond acceptors (Lipinski definition) is 5. The highest BCUT2D eigenvalue weighted by Crippen LogP contribution is 2.15. The maximum atomic E-state index is 13.2. The second kappa shape index (κ2) is 8.02. The standard InChI is InChI=1S/C16H14FN5OS/c17-11-7-4-8-12(9-11)21-22-14(15(23)20-16(19)24)13(18)10-5-2-1-3-6-10/h1-9,14,18H,(H3,19,20,23,24). The molecule has 2 aromatic rings. The Bertz CT molecular complexity index is 794. The van der Waals surface area contributed by atoms with Crippen LogP contribution in [0, 0.1) is 11.2 Å². The largest absolute Gasteiger partial charge is 0.376 e. The molecule has 24 heavy (non-hydrogen) atoms. The van der Waals surface area contributed by atoms with Crippen LogP contribution >= 0.6 is 12.2 Å². The van der Waals surface area contributed by atoms with Crippen molar-refractivity contribution >= 4 is 34.6 Å². The van der Waals surface area contributed by atoms with Crippen molar-refractivity contribution in [2.24, 2.45) is 16.0 Å². The van der Waals surface area contributed by atoms with Crippen LogP contribution in [0.2, 0.25) is 0 Å². The van der Waals surface area contributed by atoms with Crippen molar-refractivity contribution in [1.29, 1.82) is 5.41 Å². The summed E-state index contributed by atoms with van der Waals surface area (Å²) >= 11 is 4.64. The molecule has 2 rings (SSSR count). The number of azo groups is 1. The minimum atomic E-state index is -1.27. The average molecular weight is 343 g/mol. The van der Waals surface area contributed by atoms with E-state index in [1.54, 1.807) is 30.3 Å². The van der Waals surface area contributed by atoms with Crippen molar-refractivity contribution in [3.63, 3.8) is 0 Å². The molecular formula is C16H14FN5OS. The zero-order valence-electron chi connectivity index (χ0n) is 12.4. The summed E-state index contributed by atoms with van der Waals surface area (Å²) in [7, 11) is 0. The lowest BCUT2D eigenvalue weighted by molar-refractivity contribution is -0.119. The molecule has 2 aromatic carbocycles. The Labute approximate surface area is 143 Å². The van der Waals surface area contributed by atoms with Gasteiger partial charge in [-0.3, -0.25) is 4.79 Å². The molecule has 1 amide bonds. The quantitative estimate of drug-likeness (QED) is 0.442. The fourth-order valence-corrected chi connectivity index (χ4v) is 1.97. The van der Waals surface area contributed by atoms with Crippen LogP contribution in [0.1, 0.15) is 5.56 Å². The van der Waals surface area contributed by atoms with Gasteiger partial charge in [0.05, 0.1) is 11.4 Å². The lowest BCUT2D eigenvalue weighted by Crippen LogP contribution is -2.44. The first-order valence-electron chi connectivity index (χ1n) is 6.88. The molecule has 6 nitrogen and oxygen atoms in total. The summed E-state index contributed by atoms with van der Waals surface area (Å²) in [5.74, 6) is -1.16.